The van der Waals surface area contributed by atoms with E-state index in [1.807, 2.05) is 6.07 Å². The summed E-state index contributed by atoms with van der Waals surface area (Å²) in [5, 5.41) is 0.809. The minimum Gasteiger partial charge on any atom is -0.493 e. The molecule has 4 rings (SSSR count). The van der Waals surface area contributed by atoms with E-state index < -0.39 is 9.84 Å². The van der Waals surface area contributed by atoms with E-state index in [4.69, 9.17) is 9.47 Å². The maximum absolute atomic E-state index is 12.4. The summed E-state index contributed by atoms with van der Waals surface area (Å²) >= 11 is 0. The van der Waals surface area contributed by atoms with Gasteiger partial charge >= 0.3 is 0 Å². The molecule has 27 heavy (non-hydrogen) atoms. The highest BCUT2D eigenvalue weighted by molar-refractivity contribution is 7.91. The predicted molar refractivity (Wildman–Crippen MR) is 103 cm³/mol. The molecule has 0 bridgehead atoms. The highest BCUT2D eigenvalue weighted by Gasteiger charge is 2.29. The first-order chi connectivity index (χ1) is 13.0. The average molecular weight is 384 g/mol. The van der Waals surface area contributed by atoms with Crippen LogP contribution in [0.3, 0.4) is 0 Å². The molecule has 1 aliphatic rings. The van der Waals surface area contributed by atoms with Gasteiger partial charge < -0.3 is 9.47 Å². The van der Waals surface area contributed by atoms with Crippen LogP contribution in [0.25, 0.3) is 22.2 Å². The number of hydrogen-bond acceptors (Lipinski definition) is 6. The molecule has 0 amide bonds. The van der Waals surface area contributed by atoms with Gasteiger partial charge in [-0.3, -0.25) is 0 Å². The summed E-state index contributed by atoms with van der Waals surface area (Å²) < 4.78 is 35.6. The van der Waals surface area contributed by atoms with Crippen molar-refractivity contribution < 1.29 is 17.9 Å². The molecule has 0 radical (unpaired) electrons. The minimum atomic E-state index is -3.23. The fourth-order valence-electron chi connectivity index (χ4n) is 3.12. The second-order valence-electron chi connectivity index (χ2n) is 6.70. The lowest BCUT2D eigenvalue weighted by molar-refractivity contribution is 0.356. The number of methoxy groups -OCH3 is 2. The van der Waals surface area contributed by atoms with Gasteiger partial charge in [0.1, 0.15) is 6.33 Å². The topological polar surface area (TPSA) is 78.4 Å². The summed E-state index contributed by atoms with van der Waals surface area (Å²) in [4.78, 5) is 9.06. The van der Waals surface area contributed by atoms with Crippen molar-refractivity contribution in [1.82, 2.24) is 9.97 Å². The molecule has 140 valence electrons. The van der Waals surface area contributed by atoms with E-state index in [9.17, 15) is 8.42 Å². The van der Waals surface area contributed by atoms with Crippen LogP contribution in [0, 0.1) is 5.92 Å². The molecule has 0 N–H and O–H groups in total. The quantitative estimate of drug-likeness (QED) is 0.647. The van der Waals surface area contributed by atoms with E-state index in [1.54, 1.807) is 44.6 Å². The first-order valence-corrected chi connectivity index (χ1v) is 10.4. The predicted octanol–water partition coefficient (Wildman–Crippen LogP) is 3.50. The van der Waals surface area contributed by atoms with Crippen LogP contribution in [0.15, 0.2) is 47.6 Å². The molecule has 0 aliphatic heterocycles. The second kappa shape index (κ2) is 6.81. The molecule has 0 saturated heterocycles. The molecule has 7 heteroatoms. The molecule has 1 heterocycles. The number of hydrogen-bond donors (Lipinski definition) is 0. The van der Waals surface area contributed by atoms with Crippen LogP contribution >= 0.6 is 0 Å². The molecule has 0 unspecified atom stereocenters. The van der Waals surface area contributed by atoms with E-state index >= 15 is 0 Å². The van der Waals surface area contributed by atoms with E-state index in [1.165, 1.54) is 6.33 Å². The fraction of sp³-hybridized carbons (Fsp3) is 0.300. The summed E-state index contributed by atoms with van der Waals surface area (Å²) in [5.41, 5.74) is 2.26. The largest absolute Gasteiger partial charge is 0.493 e. The SMILES string of the molecule is COc1cc2ncnc(-c3ccc(S(=O)(=O)CC4CC4)cc3)c2cc1OC. The van der Waals surface area contributed by atoms with Crippen molar-refractivity contribution >= 4 is 20.7 Å². The third-order valence-corrected chi connectivity index (χ3v) is 6.68. The summed E-state index contributed by atoms with van der Waals surface area (Å²) in [5.74, 6) is 1.74. The van der Waals surface area contributed by atoms with E-state index in [-0.39, 0.29) is 5.75 Å². The van der Waals surface area contributed by atoms with Gasteiger partial charge in [-0.1, -0.05) is 12.1 Å². The Labute approximate surface area is 158 Å². The van der Waals surface area contributed by atoms with Crippen LogP contribution in [0.4, 0.5) is 0 Å². The highest BCUT2D eigenvalue weighted by atomic mass is 32.2. The molecule has 1 saturated carbocycles. The van der Waals surface area contributed by atoms with Crippen molar-refractivity contribution in [2.75, 3.05) is 20.0 Å². The van der Waals surface area contributed by atoms with Crippen molar-refractivity contribution in [2.45, 2.75) is 17.7 Å². The minimum absolute atomic E-state index is 0.236. The number of ether oxygens (including phenoxy) is 2. The Balaban J connectivity index is 1.75. The average Bonchev–Trinajstić information content (AvgIpc) is 3.49. The molecule has 1 aromatic heterocycles. The zero-order valence-corrected chi connectivity index (χ0v) is 16.0. The van der Waals surface area contributed by atoms with E-state index in [2.05, 4.69) is 9.97 Å². The van der Waals surface area contributed by atoms with Gasteiger partial charge in [0.15, 0.2) is 21.3 Å². The lowest BCUT2D eigenvalue weighted by atomic mass is 10.1. The summed E-state index contributed by atoms with van der Waals surface area (Å²) in [6.45, 7) is 0. The molecular weight excluding hydrogens is 364 g/mol. The molecular formula is C20H20N2O4S. The molecule has 0 atom stereocenters. The van der Waals surface area contributed by atoms with Crippen LogP contribution in [0.1, 0.15) is 12.8 Å². The summed E-state index contributed by atoms with van der Waals surface area (Å²) in [6.07, 6.45) is 3.51. The zero-order valence-electron chi connectivity index (χ0n) is 15.2. The third-order valence-electron chi connectivity index (χ3n) is 4.78. The second-order valence-corrected chi connectivity index (χ2v) is 8.73. The Hall–Kier alpha value is -2.67. The monoisotopic (exact) mass is 384 g/mol. The standard InChI is InChI=1S/C20H20N2O4S/c1-25-18-9-16-17(10-19(18)26-2)21-12-22-20(16)14-5-7-15(8-6-14)27(23,24)11-13-3-4-13/h5-10,12-13H,3-4,11H2,1-2H3. The first-order valence-electron chi connectivity index (χ1n) is 8.72. The lowest BCUT2D eigenvalue weighted by Crippen LogP contribution is -2.08. The van der Waals surface area contributed by atoms with Crippen molar-refractivity contribution in [1.29, 1.82) is 0 Å². The van der Waals surface area contributed by atoms with E-state index in [0.717, 1.165) is 29.3 Å². The molecule has 1 aliphatic carbocycles. The number of benzene rings is 2. The summed E-state index contributed by atoms with van der Waals surface area (Å²) in [6, 6.07) is 10.5. The van der Waals surface area contributed by atoms with E-state index in [0.29, 0.717) is 28.0 Å². The van der Waals surface area contributed by atoms with Crippen molar-refractivity contribution in [3.8, 4) is 22.8 Å². The Morgan fingerprint density at radius 1 is 1.00 bits per heavy atom. The number of sulfone groups is 1. The number of fused-ring (bicyclic) bond motifs is 1. The van der Waals surface area contributed by atoms with Gasteiger partial charge in [-0.25, -0.2) is 18.4 Å². The van der Waals surface area contributed by atoms with Gasteiger partial charge in [0, 0.05) is 17.0 Å². The third kappa shape index (κ3) is 3.47. The van der Waals surface area contributed by atoms with Crippen LogP contribution in [0.5, 0.6) is 11.5 Å². The molecule has 3 aromatic rings. The molecule has 1 fully saturated rings. The van der Waals surface area contributed by atoms with Crippen LogP contribution in [-0.2, 0) is 9.84 Å². The maximum Gasteiger partial charge on any atom is 0.178 e. The van der Waals surface area contributed by atoms with Gasteiger partial charge in [0.05, 0.1) is 36.1 Å². The Morgan fingerprint density at radius 3 is 2.30 bits per heavy atom. The Morgan fingerprint density at radius 2 is 1.67 bits per heavy atom. The number of aromatic nitrogens is 2. The van der Waals surface area contributed by atoms with Gasteiger partial charge in [0.25, 0.3) is 0 Å². The Bertz CT molecular complexity index is 1090. The van der Waals surface area contributed by atoms with Crippen LogP contribution < -0.4 is 9.47 Å². The van der Waals surface area contributed by atoms with Crippen molar-refractivity contribution in [3.05, 3.63) is 42.7 Å². The smallest absolute Gasteiger partial charge is 0.178 e. The molecule has 6 nitrogen and oxygen atoms in total. The lowest BCUT2D eigenvalue weighted by Gasteiger charge is -2.11. The molecule has 2 aromatic carbocycles. The fourth-order valence-corrected chi connectivity index (χ4v) is 4.82. The summed E-state index contributed by atoms with van der Waals surface area (Å²) in [7, 11) is -0.0754. The van der Waals surface area contributed by atoms with Crippen LogP contribution in [-0.4, -0.2) is 38.4 Å². The highest BCUT2D eigenvalue weighted by Crippen LogP contribution is 2.36. The normalized spacial score (nSPS) is 14.3. The van der Waals surface area contributed by atoms with Crippen molar-refractivity contribution in [2.24, 2.45) is 5.92 Å². The first kappa shape index (κ1) is 17.7. The van der Waals surface area contributed by atoms with Gasteiger partial charge in [0.2, 0.25) is 0 Å². The zero-order chi connectivity index (χ0) is 19.0. The Kier molecular flexibility index (Phi) is 4.47. The van der Waals surface area contributed by atoms with Gasteiger partial charge in [-0.15, -0.1) is 0 Å². The number of nitrogens with zero attached hydrogens (tertiary/aromatic N) is 2. The van der Waals surface area contributed by atoms with Crippen molar-refractivity contribution in [3.63, 3.8) is 0 Å². The van der Waals surface area contributed by atoms with Gasteiger partial charge in [-0.2, -0.15) is 0 Å². The number of rotatable bonds is 6. The van der Waals surface area contributed by atoms with Crippen LogP contribution in [0.2, 0.25) is 0 Å². The maximum atomic E-state index is 12.4. The molecule has 0 spiro atoms. The van der Waals surface area contributed by atoms with Gasteiger partial charge in [-0.05, 0) is 37.0 Å².